The summed E-state index contributed by atoms with van der Waals surface area (Å²) in [4.78, 5) is 0. The number of furan rings is 1. The Morgan fingerprint density at radius 3 is 2.90 bits per heavy atom. The van der Waals surface area contributed by atoms with E-state index in [0.29, 0.717) is 6.54 Å². The molecule has 3 nitrogen and oxygen atoms in total. The fraction of sp³-hybridized carbons (Fsp3) is 0.125. The number of fused-ring (bicyclic) bond motifs is 1. The molecule has 1 N–H and O–H groups in total. The van der Waals surface area contributed by atoms with Gasteiger partial charge in [0.25, 0.3) is 0 Å². The van der Waals surface area contributed by atoms with E-state index >= 15 is 0 Å². The molecule has 0 radical (unpaired) electrons. The first kappa shape index (κ1) is 13.1. The second-order valence-electron chi connectivity index (χ2n) is 4.46. The van der Waals surface area contributed by atoms with Crippen molar-refractivity contribution < 1.29 is 9.15 Å². The van der Waals surface area contributed by atoms with Crippen LogP contribution >= 0.6 is 15.9 Å². The van der Waals surface area contributed by atoms with Gasteiger partial charge in [-0.1, -0.05) is 34.1 Å². The van der Waals surface area contributed by atoms with Crippen LogP contribution in [0.3, 0.4) is 0 Å². The van der Waals surface area contributed by atoms with Gasteiger partial charge in [0.1, 0.15) is 11.3 Å². The molecule has 0 aliphatic heterocycles. The molecule has 0 aliphatic carbocycles. The topological polar surface area (TPSA) is 34.4 Å². The molecule has 3 rings (SSSR count). The number of methoxy groups -OCH3 is 1. The lowest BCUT2D eigenvalue weighted by Gasteiger charge is -2.11. The van der Waals surface area contributed by atoms with Crippen molar-refractivity contribution in [3.8, 4) is 5.75 Å². The van der Waals surface area contributed by atoms with Crippen molar-refractivity contribution >= 4 is 32.6 Å². The van der Waals surface area contributed by atoms with E-state index in [2.05, 4.69) is 27.3 Å². The smallest absolute Gasteiger partial charge is 0.142 e. The standard InChI is InChI=1S/C16H14BrNO2/c1-19-16-7-6-12(17)8-14(16)18-9-11-10-20-15-5-3-2-4-13(11)15/h2-8,10,18H,9H2,1H3. The SMILES string of the molecule is COc1ccc(Br)cc1NCc1coc2ccccc12. The average Bonchev–Trinajstić information content (AvgIpc) is 2.88. The highest BCUT2D eigenvalue weighted by Crippen LogP contribution is 2.29. The molecule has 1 heterocycles. The van der Waals surface area contributed by atoms with Gasteiger partial charge >= 0.3 is 0 Å². The van der Waals surface area contributed by atoms with E-state index in [1.54, 1.807) is 13.4 Å². The third-order valence-corrected chi connectivity index (χ3v) is 3.69. The molecule has 0 saturated heterocycles. The maximum absolute atomic E-state index is 5.54. The second kappa shape index (κ2) is 5.59. The van der Waals surface area contributed by atoms with Gasteiger partial charge in [-0.3, -0.25) is 0 Å². The van der Waals surface area contributed by atoms with Gasteiger partial charge in [0.05, 0.1) is 19.1 Å². The first-order chi connectivity index (χ1) is 9.78. The zero-order valence-electron chi connectivity index (χ0n) is 11.0. The van der Waals surface area contributed by atoms with Gasteiger partial charge in [-0.15, -0.1) is 0 Å². The van der Waals surface area contributed by atoms with Crippen molar-refractivity contribution in [1.29, 1.82) is 0 Å². The maximum atomic E-state index is 5.54. The first-order valence-corrected chi connectivity index (χ1v) is 7.10. The zero-order chi connectivity index (χ0) is 13.9. The zero-order valence-corrected chi connectivity index (χ0v) is 12.6. The number of anilines is 1. The number of nitrogens with one attached hydrogen (secondary N) is 1. The number of hydrogen-bond donors (Lipinski definition) is 1. The average molecular weight is 332 g/mol. The lowest BCUT2D eigenvalue weighted by molar-refractivity contribution is 0.416. The second-order valence-corrected chi connectivity index (χ2v) is 5.37. The summed E-state index contributed by atoms with van der Waals surface area (Å²) in [6.45, 7) is 0.684. The van der Waals surface area contributed by atoms with Crippen LogP contribution in [0.4, 0.5) is 5.69 Å². The van der Waals surface area contributed by atoms with Crippen molar-refractivity contribution in [3.05, 3.63) is 58.8 Å². The summed E-state index contributed by atoms with van der Waals surface area (Å²) >= 11 is 3.47. The van der Waals surface area contributed by atoms with Gasteiger partial charge < -0.3 is 14.5 Å². The summed E-state index contributed by atoms with van der Waals surface area (Å²) in [5, 5.41) is 4.52. The maximum Gasteiger partial charge on any atom is 0.142 e. The predicted molar refractivity (Wildman–Crippen MR) is 84.2 cm³/mol. The molecule has 0 unspecified atom stereocenters. The molecule has 0 spiro atoms. The van der Waals surface area contributed by atoms with E-state index in [1.165, 1.54) is 0 Å². The molecule has 0 atom stereocenters. The summed E-state index contributed by atoms with van der Waals surface area (Å²) in [6.07, 6.45) is 1.79. The fourth-order valence-electron chi connectivity index (χ4n) is 2.18. The Morgan fingerprint density at radius 1 is 1.20 bits per heavy atom. The van der Waals surface area contributed by atoms with Gasteiger partial charge in [0, 0.05) is 22.0 Å². The largest absolute Gasteiger partial charge is 0.495 e. The monoisotopic (exact) mass is 331 g/mol. The lowest BCUT2D eigenvalue weighted by Crippen LogP contribution is -2.00. The van der Waals surface area contributed by atoms with Crippen LogP contribution in [-0.2, 0) is 6.54 Å². The summed E-state index contributed by atoms with van der Waals surface area (Å²) in [5.41, 5.74) is 2.99. The number of rotatable bonds is 4. The third-order valence-electron chi connectivity index (χ3n) is 3.19. The Balaban J connectivity index is 1.84. The summed E-state index contributed by atoms with van der Waals surface area (Å²) in [6, 6.07) is 13.9. The minimum absolute atomic E-state index is 0.684. The Bertz CT molecular complexity index is 736. The molecular weight excluding hydrogens is 318 g/mol. The highest BCUT2D eigenvalue weighted by molar-refractivity contribution is 9.10. The summed E-state index contributed by atoms with van der Waals surface area (Å²) in [5.74, 6) is 0.820. The van der Waals surface area contributed by atoms with Crippen molar-refractivity contribution in [1.82, 2.24) is 0 Å². The molecule has 102 valence electrons. The van der Waals surface area contributed by atoms with Crippen LogP contribution in [0.5, 0.6) is 5.75 Å². The van der Waals surface area contributed by atoms with Crippen LogP contribution < -0.4 is 10.1 Å². The highest BCUT2D eigenvalue weighted by atomic mass is 79.9. The van der Waals surface area contributed by atoms with Gasteiger partial charge in [0.15, 0.2) is 0 Å². The fourth-order valence-corrected chi connectivity index (χ4v) is 2.54. The van der Waals surface area contributed by atoms with Crippen molar-refractivity contribution in [3.63, 3.8) is 0 Å². The lowest BCUT2D eigenvalue weighted by atomic mass is 10.2. The van der Waals surface area contributed by atoms with Gasteiger partial charge in [0.2, 0.25) is 0 Å². The minimum Gasteiger partial charge on any atom is -0.495 e. The number of benzene rings is 2. The van der Waals surface area contributed by atoms with Gasteiger partial charge in [-0.2, -0.15) is 0 Å². The predicted octanol–water partition coefficient (Wildman–Crippen LogP) is 4.82. The van der Waals surface area contributed by atoms with Crippen molar-refractivity contribution in [2.45, 2.75) is 6.54 Å². The van der Waals surface area contributed by atoms with Crippen LogP contribution in [0.2, 0.25) is 0 Å². The number of halogens is 1. The van der Waals surface area contributed by atoms with Gasteiger partial charge in [-0.25, -0.2) is 0 Å². The minimum atomic E-state index is 0.684. The number of para-hydroxylation sites is 1. The Kier molecular flexibility index (Phi) is 3.65. The van der Waals surface area contributed by atoms with E-state index < -0.39 is 0 Å². The Hall–Kier alpha value is -1.94. The molecule has 3 aromatic rings. The highest BCUT2D eigenvalue weighted by Gasteiger charge is 2.07. The van der Waals surface area contributed by atoms with Crippen LogP contribution in [-0.4, -0.2) is 7.11 Å². The molecular formula is C16H14BrNO2. The third kappa shape index (κ3) is 2.51. The van der Waals surface area contributed by atoms with Crippen LogP contribution in [0.1, 0.15) is 5.56 Å². The molecule has 1 aromatic heterocycles. The van der Waals surface area contributed by atoms with Gasteiger partial charge in [-0.05, 0) is 24.3 Å². The van der Waals surface area contributed by atoms with Crippen LogP contribution in [0.15, 0.2) is 57.6 Å². The van der Waals surface area contributed by atoms with Crippen molar-refractivity contribution in [2.75, 3.05) is 12.4 Å². The molecule has 20 heavy (non-hydrogen) atoms. The van der Waals surface area contributed by atoms with E-state index in [1.807, 2.05) is 36.4 Å². The van der Waals surface area contributed by atoms with Crippen molar-refractivity contribution in [2.24, 2.45) is 0 Å². The van der Waals surface area contributed by atoms with Crippen LogP contribution in [0, 0.1) is 0 Å². The molecule has 0 saturated carbocycles. The van der Waals surface area contributed by atoms with Crippen LogP contribution in [0.25, 0.3) is 11.0 Å². The molecule has 4 heteroatoms. The quantitative estimate of drug-likeness (QED) is 0.744. The molecule has 2 aromatic carbocycles. The normalized spacial score (nSPS) is 10.7. The first-order valence-electron chi connectivity index (χ1n) is 6.30. The Morgan fingerprint density at radius 2 is 2.05 bits per heavy atom. The van der Waals surface area contributed by atoms with E-state index in [9.17, 15) is 0 Å². The summed E-state index contributed by atoms with van der Waals surface area (Å²) < 4.78 is 11.9. The summed E-state index contributed by atoms with van der Waals surface area (Å²) in [7, 11) is 1.67. The van der Waals surface area contributed by atoms with E-state index in [0.717, 1.165) is 32.4 Å². The van der Waals surface area contributed by atoms with E-state index in [-0.39, 0.29) is 0 Å². The molecule has 0 fully saturated rings. The molecule has 0 bridgehead atoms. The number of ether oxygens (including phenoxy) is 1. The Labute approximate surface area is 125 Å². The number of hydrogen-bond acceptors (Lipinski definition) is 3. The molecule has 0 aliphatic rings. The molecule has 0 amide bonds. The van der Waals surface area contributed by atoms with E-state index in [4.69, 9.17) is 9.15 Å².